The van der Waals surface area contributed by atoms with E-state index in [2.05, 4.69) is 4.74 Å². The Morgan fingerprint density at radius 3 is 2.56 bits per heavy atom. The van der Waals surface area contributed by atoms with Gasteiger partial charge < -0.3 is 9.47 Å². The molecule has 7 heteroatoms. The molecule has 0 radical (unpaired) electrons. The number of methoxy groups -OCH3 is 1. The quantitative estimate of drug-likeness (QED) is 0.686. The molecule has 2 saturated heterocycles. The standard InChI is InChI=1S/C11H19NO5S/c1-16-11(13)10-3-2-6-12(10)18(14,15)9-4-7-17-8-5-9/h9-10H,2-8H2,1H3. The summed E-state index contributed by atoms with van der Waals surface area (Å²) < 4.78 is 36.1. The van der Waals surface area contributed by atoms with Crippen LogP contribution in [-0.4, -0.2) is 56.9 Å². The molecule has 0 amide bonds. The fraction of sp³-hybridized carbons (Fsp3) is 0.909. The summed E-state index contributed by atoms with van der Waals surface area (Å²) in [6.07, 6.45) is 2.27. The summed E-state index contributed by atoms with van der Waals surface area (Å²) in [6.45, 7) is 1.36. The van der Waals surface area contributed by atoms with E-state index in [0.717, 1.165) is 0 Å². The van der Waals surface area contributed by atoms with Crippen molar-refractivity contribution in [3.05, 3.63) is 0 Å². The van der Waals surface area contributed by atoms with Crippen LogP contribution in [0, 0.1) is 0 Å². The second-order valence-electron chi connectivity index (χ2n) is 4.65. The fourth-order valence-electron chi connectivity index (χ4n) is 2.58. The zero-order valence-corrected chi connectivity index (χ0v) is 11.3. The van der Waals surface area contributed by atoms with Crippen molar-refractivity contribution < 1.29 is 22.7 Å². The number of carbonyl (C=O) groups excluding carboxylic acids is 1. The highest BCUT2D eigenvalue weighted by molar-refractivity contribution is 7.89. The van der Waals surface area contributed by atoms with E-state index in [-0.39, 0.29) is 0 Å². The van der Waals surface area contributed by atoms with Gasteiger partial charge in [0.05, 0.1) is 12.4 Å². The highest BCUT2D eigenvalue weighted by Gasteiger charge is 2.43. The predicted molar refractivity (Wildman–Crippen MR) is 64.5 cm³/mol. The van der Waals surface area contributed by atoms with Gasteiger partial charge in [-0.1, -0.05) is 0 Å². The Balaban J connectivity index is 2.15. The van der Waals surface area contributed by atoms with Crippen molar-refractivity contribution in [1.82, 2.24) is 4.31 Å². The highest BCUT2D eigenvalue weighted by Crippen LogP contribution is 2.28. The van der Waals surface area contributed by atoms with Crippen LogP contribution in [0.25, 0.3) is 0 Å². The van der Waals surface area contributed by atoms with Crippen molar-refractivity contribution in [1.29, 1.82) is 0 Å². The molecular weight excluding hydrogens is 258 g/mol. The number of ether oxygens (including phenoxy) is 2. The lowest BCUT2D eigenvalue weighted by Gasteiger charge is -2.29. The molecule has 2 fully saturated rings. The zero-order chi connectivity index (χ0) is 13.2. The van der Waals surface area contributed by atoms with Crippen molar-refractivity contribution in [2.75, 3.05) is 26.9 Å². The van der Waals surface area contributed by atoms with E-state index >= 15 is 0 Å². The maximum absolute atomic E-state index is 12.5. The van der Waals surface area contributed by atoms with Crippen LogP contribution < -0.4 is 0 Å². The van der Waals surface area contributed by atoms with Gasteiger partial charge in [-0.2, -0.15) is 4.31 Å². The molecule has 0 aromatic rings. The molecule has 0 N–H and O–H groups in total. The summed E-state index contributed by atoms with van der Waals surface area (Å²) in [5, 5.41) is -0.420. The van der Waals surface area contributed by atoms with Crippen LogP contribution in [0.5, 0.6) is 0 Å². The first-order valence-corrected chi connectivity index (χ1v) is 7.74. The van der Waals surface area contributed by atoms with Crippen LogP contribution in [0.1, 0.15) is 25.7 Å². The van der Waals surface area contributed by atoms with Gasteiger partial charge in [0.15, 0.2) is 0 Å². The molecule has 1 atom stereocenters. The Kier molecular flexibility index (Phi) is 4.24. The predicted octanol–water partition coefficient (Wildman–Crippen LogP) is 0.133. The molecule has 0 aliphatic carbocycles. The van der Waals surface area contributed by atoms with Gasteiger partial charge in [0.1, 0.15) is 6.04 Å². The van der Waals surface area contributed by atoms with Crippen LogP contribution in [0.3, 0.4) is 0 Å². The summed E-state index contributed by atoms with van der Waals surface area (Å²) in [7, 11) is -2.12. The largest absolute Gasteiger partial charge is 0.468 e. The molecule has 0 spiro atoms. The third-order valence-corrected chi connectivity index (χ3v) is 6.00. The van der Waals surface area contributed by atoms with Crippen LogP contribution in [0.4, 0.5) is 0 Å². The summed E-state index contributed by atoms with van der Waals surface area (Å²) >= 11 is 0. The van der Waals surface area contributed by atoms with Gasteiger partial charge in [-0.3, -0.25) is 4.79 Å². The number of hydrogen-bond acceptors (Lipinski definition) is 5. The van der Waals surface area contributed by atoms with E-state index in [4.69, 9.17) is 4.74 Å². The molecule has 2 heterocycles. The lowest BCUT2D eigenvalue weighted by Crippen LogP contribution is -2.46. The molecular formula is C11H19NO5S. The van der Waals surface area contributed by atoms with E-state index in [1.54, 1.807) is 0 Å². The lowest BCUT2D eigenvalue weighted by atomic mass is 10.2. The highest BCUT2D eigenvalue weighted by atomic mass is 32.2. The number of nitrogens with zero attached hydrogens (tertiary/aromatic N) is 1. The van der Waals surface area contributed by atoms with Crippen molar-refractivity contribution in [3.63, 3.8) is 0 Å². The molecule has 0 aromatic carbocycles. The number of carbonyl (C=O) groups is 1. The number of rotatable bonds is 3. The topological polar surface area (TPSA) is 72.9 Å². The molecule has 104 valence electrons. The first-order chi connectivity index (χ1) is 8.57. The first kappa shape index (κ1) is 13.8. The van der Waals surface area contributed by atoms with Gasteiger partial charge in [0.2, 0.25) is 10.0 Å². The number of esters is 1. The van der Waals surface area contributed by atoms with Gasteiger partial charge in [-0.15, -0.1) is 0 Å². The maximum Gasteiger partial charge on any atom is 0.324 e. The molecule has 2 aliphatic heterocycles. The Morgan fingerprint density at radius 1 is 1.28 bits per heavy atom. The van der Waals surface area contributed by atoms with Crippen LogP contribution in [-0.2, 0) is 24.3 Å². The van der Waals surface area contributed by atoms with Gasteiger partial charge in [0.25, 0.3) is 0 Å². The molecule has 2 aliphatic rings. The van der Waals surface area contributed by atoms with Gasteiger partial charge in [0, 0.05) is 19.8 Å². The van der Waals surface area contributed by atoms with E-state index in [9.17, 15) is 13.2 Å². The van der Waals surface area contributed by atoms with Gasteiger partial charge in [-0.25, -0.2) is 8.42 Å². The van der Waals surface area contributed by atoms with E-state index in [1.165, 1.54) is 11.4 Å². The molecule has 2 rings (SSSR count). The summed E-state index contributed by atoms with van der Waals surface area (Å²) in [5.74, 6) is -0.455. The minimum absolute atomic E-state index is 0.416. The average Bonchev–Trinajstić information content (AvgIpc) is 2.89. The van der Waals surface area contributed by atoms with Gasteiger partial charge in [-0.05, 0) is 25.7 Å². The van der Waals surface area contributed by atoms with Crippen molar-refractivity contribution in [2.24, 2.45) is 0 Å². The maximum atomic E-state index is 12.5. The molecule has 6 nitrogen and oxygen atoms in total. The molecule has 18 heavy (non-hydrogen) atoms. The van der Waals surface area contributed by atoms with Gasteiger partial charge >= 0.3 is 5.97 Å². The van der Waals surface area contributed by atoms with E-state index in [0.29, 0.717) is 45.4 Å². The lowest BCUT2D eigenvalue weighted by molar-refractivity contribution is -0.144. The SMILES string of the molecule is COC(=O)C1CCCN1S(=O)(=O)C1CCOCC1. The number of hydrogen-bond donors (Lipinski definition) is 0. The van der Waals surface area contributed by atoms with Crippen molar-refractivity contribution in [2.45, 2.75) is 37.0 Å². The summed E-state index contributed by atoms with van der Waals surface area (Å²) in [5.41, 5.74) is 0. The molecule has 0 bridgehead atoms. The minimum Gasteiger partial charge on any atom is -0.468 e. The smallest absolute Gasteiger partial charge is 0.324 e. The fourth-order valence-corrected chi connectivity index (χ4v) is 4.68. The Bertz CT molecular complexity index is 402. The Morgan fingerprint density at radius 2 is 1.94 bits per heavy atom. The van der Waals surface area contributed by atoms with Crippen LogP contribution >= 0.6 is 0 Å². The Labute approximate surface area is 107 Å². The monoisotopic (exact) mass is 277 g/mol. The second kappa shape index (κ2) is 5.54. The normalized spacial score (nSPS) is 27.3. The Hall–Kier alpha value is -0.660. The first-order valence-electron chi connectivity index (χ1n) is 6.23. The van der Waals surface area contributed by atoms with Crippen LogP contribution in [0.2, 0.25) is 0 Å². The molecule has 0 saturated carbocycles. The molecule has 0 aromatic heterocycles. The third-order valence-electron chi connectivity index (χ3n) is 3.59. The van der Waals surface area contributed by atoms with Crippen molar-refractivity contribution in [3.8, 4) is 0 Å². The van der Waals surface area contributed by atoms with Crippen LogP contribution in [0.15, 0.2) is 0 Å². The average molecular weight is 277 g/mol. The minimum atomic E-state index is -3.41. The van der Waals surface area contributed by atoms with E-state index in [1.807, 2.05) is 0 Å². The third kappa shape index (κ3) is 2.53. The zero-order valence-electron chi connectivity index (χ0n) is 10.5. The van der Waals surface area contributed by atoms with Crippen molar-refractivity contribution >= 4 is 16.0 Å². The second-order valence-corrected chi connectivity index (χ2v) is 6.81. The molecule has 1 unspecified atom stereocenters. The van der Waals surface area contributed by atoms with E-state index < -0.39 is 27.3 Å². The summed E-state index contributed by atoms with van der Waals surface area (Å²) in [6, 6.07) is -0.636. The summed E-state index contributed by atoms with van der Waals surface area (Å²) in [4.78, 5) is 11.6. The number of sulfonamides is 1.